The zero-order valence-corrected chi connectivity index (χ0v) is 13.1. The molecule has 2 aromatic rings. The average molecular weight is 310 g/mol. The molecule has 23 heavy (non-hydrogen) atoms. The van der Waals surface area contributed by atoms with Crippen molar-refractivity contribution in [1.82, 2.24) is 4.90 Å². The van der Waals surface area contributed by atoms with Gasteiger partial charge in [-0.3, -0.25) is 0 Å². The molecule has 0 aliphatic carbocycles. The predicted octanol–water partition coefficient (Wildman–Crippen LogP) is 2.97. The standard InChI is InChI=1S/C19H22N2O2/c20-17(11-15-7-3-1-4-8-15)12-18-13-21(18)19(22)23-14-16-9-5-2-6-10-16/h1-10,17-18H,11-14,20H2. The van der Waals surface area contributed by atoms with Gasteiger partial charge in [0.15, 0.2) is 0 Å². The van der Waals surface area contributed by atoms with E-state index in [1.807, 2.05) is 48.5 Å². The molecule has 1 saturated heterocycles. The Labute approximate surface area is 136 Å². The Hall–Kier alpha value is -2.33. The van der Waals surface area contributed by atoms with Gasteiger partial charge in [0.05, 0.1) is 6.04 Å². The molecule has 2 N–H and O–H groups in total. The molecule has 1 aliphatic rings. The summed E-state index contributed by atoms with van der Waals surface area (Å²) >= 11 is 0. The number of benzene rings is 2. The SMILES string of the molecule is NC(Cc1ccccc1)CC1CN1C(=O)OCc1ccccc1. The number of carbonyl (C=O) groups excluding carboxylic acids is 1. The van der Waals surface area contributed by atoms with E-state index in [2.05, 4.69) is 12.1 Å². The Kier molecular flexibility index (Phi) is 4.93. The molecule has 0 spiro atoms. The van der Waals surface area contributed by atoms with Crippen LogP contribution in [-0.2, 0) is 17.8 Å². The van der Waals surface area contributed by atoms with Crippen LogP contribution in [0.25, 0.3) is 0 Å². The minimum atomic E-state index is -0.245. The van der Waals surface area contributed by atoms with Crippen LogP contribution < -0.4 is 5.73 Å². The molecule has 1 aliphatic heterocycles. The number of amides is 1. The van der Waals surface area contributed by atoms with Crippen molar-refractivity contribution >= 4 is 6.09 Å². The quantitative estimate of drug-likeness (QED) is 0.835. The van der Waals surface area contributed by atoms with Crippen molar-refractivity contribution in [3.63, 3.8) is 0 Å². The summed E-state index contributed by atoms with van der Waals surface area (Å²) in [6.07, 6.45) is 1.41. The highest BCUT2D eigenvalue weighted by atomic mass is 16.6. The number of nitrogens with two attached hydrogens (primary N) is 1. The van der Waals surface area contributed by atoms with Gasteiger partial charge in [-0.05, 0) is 24.0 Å². The van der Waals surface area contributed by atoms with Gasteiger partial charge in [-0.25, -0.2) is 4.79 Å². The first-order valence-electron chi connectivity index (χ1n) is 7.99. The Morgan fingerprint density at radius 3 is 2.35 bits per heavy atom. The molecule has 4 heteroatoms. The number of ether oxygens (including phenoxy) is 1. The molecule has 0 saturated carbocycles. The topological polar surface area (TPSA) is 55.3 Å². The highest BCUT2D eigenvalue weighted by Crippen LogP contribution is 2.24. The molecule has 1 amide bonds. The van der Waals surface area contributed by atoms with Crippen LogP contribution in [0.3, 0.4) is 0 Å². The van der Waals surface area contributed by atoms with Crippen molar-refractivity contribution in [1.29, 1.82) is 0 Å². The second kappa shape index (κ2) is 7.29. The van der Waals surface area contributed by atoms with E-state index in [4.69, 9.17) is 10.5 Å². The summed E-state index contributed by atoms with van der Waals surface area (Å²) in [6, 6.07) is 20.2. The van der Waals surface area contributed by atoms with E-state index in [1.165, 1.54) is 5.56 Å². The van der Waals surface area contributed by atoms with Gasteiger partial charge in [0.25, 0.3) is 0 Å². The first-order chi connectivity index (χ1) is 11.2. The molecule has 2 aromatic carbocycles. The zero-order chi connectivity index (χ0) is 16.1. The molecule has 0 radical (unpaired) electrons. The molecular formula is C19H22N2O2. The Bertz CT molecular complexity index is 630. The molecule has 120 valence electrons. The summed E-state index contributed by atoms with van der Waals surface area (Å²) in [7, 11) is 0. The van der Waals surface area contributed by atoms with Gasteiger partial charge in [0, 0.05) is 12.6 Å². The summed E-state index contributed by atoms with van der Waals surface area (Å²) < 4.78 is 5.33. The predicted molar refractivity (Wildman–Crippen MR) is 89.9 cm³/mol. The largest absolute Gasteiger partial charge is 0.445 e. The summed E-state index contributed by atoms with van der Waals surface area (Å²) in [5, 5.41) is 0. The third-order valence-corrected chi connectivity index (χ3v) is 4.07. The van der Waals surface area contributed by atoms with E-state index in [0.717, 1.165) is 24.9 Å². The fourth-order valence-corrected chi connectivity index (χ4v) is 2.76. The fraction of sp³-hybridized carbons (Fsp3) is 0.316. The second-order valence-corrected chi connectivity index (χ2v) is 6.03. The molecule has 2 atom stereocenters. The second-order valence-electron chi connectivity index (χ2n) is 6.03. The smallest absolute Gasteiger partial charge is 0.410 e. The summed E-state index contributed by atoms with van der Waals surface area (Å²) in [6.45, 7) is 1.06. The van der Waals surface area contributed by atoms with Gasteiger partial charge >= 0.3 is 6.09 Å². The lowest BCUT2D eigenvalue weighted by molar-refractivity contribution is 0.122. The maximum atomic E-state index is 12.0. The van der Waals surface area contributed by atoms with Crippen LogP contribution in [-0.4, -0.2) is 29.6 Å². The lowest BCUT2D eigenvalue weighted by Crippen LogP contribution is -2.26. The molecule has 0 aromatic heterocycles. The van der Waals surface area contributed by atoms with Crippen LogP contribution in [0.5, 0.6) is 0 Å². The summed E-state index contributed by atoms with van der Waals surface area (Å²) in [5.74, 6) is 0. The number of carbonyl (C=O) groups is 1. The van der Waals surface area contributed by atoms with Crippen molar-refractivity contribution in [2.45, 2.75) is 31.5 Å². The van der Waals surface area contributed by atoms with Crippen molar-refractivity contribution in [3.8, 4) is 0 Å². The Morgan fingerprint density at radius 1 is 1.09 bits per heavy atom. The normalized spacial score (nSPS) is 17.6. The van der Waals surface area contributed by atoms with E-state index < -0.39 is 0 Å². The van der Waals surface area contributed by atoms with E-state index in [9.17, 15) is 4.79 Å². The van der Waals surface area contributed by atoms with Gasteiger partial charge < -0.3 is 15.4 Å². The van der Waals surface area contributed by atoms with Crippen LogP contribution >= 0.6 is 0 Å². The molecular weight excluding hydrogens is 288 g/mol. The molecule has 0 bridgehead atoms. The van der Waals surface area contributed by atoms with Gasteiger partial charge in [-0.2, -0.15) is 0 Å². The Morgan fingerprint density at radius 2 is 1.70 bits per heavy atom. The highest BCUT2D eigenvalue weighted by Gasteiger charge is 2.40. The Balaban J connectivity index is 1.39. The zero-order valence-electron chi connectivity index (χ0n) is 13.1. The molecule has 1 heterocycles. The van der Waals surface area contributed by atoms with Crippen LogP contribution in [0.15, 0.2) is 60.7 Å². The highest BCUT2D eigenvalue weighted by molar-refractivity contribution is 5.71. The minimum Gasteiger partial charge on any atom is -0.445 e. The summed E-state index contributed by atoms with van der Waals surface area (Å²) in [4.78, 5) is 13.7. The summed E-state index contributed by atoms with van der Waals surface area (Å²) in [5.41, 5.74) is 8.43. The maximum Gasteiger partial charge on any atom is 0.410 e. The van der Waals surface area contributed by atoms with Crippen LogP contribution in [0.2, 0.25) is 0 Å². The lowest BCUT2D eigenvalue weighted by Gasteiger charge is -2.12. The third kappa shape index (κ3) is 4.57. The van der Waals surface area contributed by atoms with Crippen LogP contribution in [0.4, 0.5) is 4.79 Å². The van der Waals surface area contributed by atoms with E-state index in [-0.39, 0.29) is 18.2 Å². The first-order valence-corrected chi connectivity index (χ1v) is 7.99. The number of rotatable bonds is 6. The molecule has 2 unspecified atom stereocenters. The molecule has 4 nitrogen and oxygen atoms in total. The van der Waals surface area contributed by atoms with Crippen molar-refractivity contribution in [2.75, 3.05) is 6.54 Å². The van der Waals surface area contributed by atoms with E-state index in [1.54, 1.807) is 4.90 Å². The van der Waals surface area contributed by atoms with Gasteiger partial charge in [0.2, 0.25) is 0 Å². The first kappa shape index (κ1) is 15.6. The van der Waals surface area contributed by atoms with E-state index in [0.29, 0.717) is 6.61 Å². The number of nitrogens with zero attached hydrogens (tertiary/aromatic N) is 1. The minimum absolute atomic E-state index is 0.0642. The number of hydrogen-bond acceptors (Lipinski definition) is 3. The van der Waals surface area contributed by atoms with Gasteiger partial charge in [-0.1, -0.05) is 60.7 Å². The van der Waals surface area contributed by atoms with Crippen molar-refractivity contribution in [2.24, 2.45) is 5.73 Å². The van der Waals surface area contributed by atoms with Crippen molar-refractivity contribution in [3.05, 3.63) is 71.8 Å². The molecule has 1 fully saturated rings. The maximum absolute atomic E-state index is 12.0. The van der Waals surface area contributed by atoms with Crippen LogP contribution in [0, 0.1) is 0 Å². The third-order valence-electron chi connectivity index (χ3n) is 4.07. The van der Waals surface area contributed by atoms with E-state index >= 15 is 0 Å². The lowest BCUT2D eigenvalue weighted by atomic mass is 10.0. The number of hydrogen-bond donors (Lipinski definition) is 1. The van der Waals surface area contributed by atoms with Gasteiger partial charge in [0.1, 0.15) is 6.61 Å². The average Bonchev–Trinajstić information content (AvgIpc) is 3.33. The molecule has 3 rings (SSSR count). The van der Waals surface area contributed by atoms with Crippen molar-refractivity contribution < 1.29 is 9.53 Å². The van der Waals surface area contributed by atoms with Crippen LogP contribution in [0.1, 0.15) is 17.5 Å². The fourth-order valence-electron chi connectivity index (χ4n) is 2.76. The van der Waals surface area contributed by atoms with Gasteiger partial charge in [-0.15, -0.1) is 0 Å². The monoisotopic (exact) mass is 310 g/mol.